The summed E-state index contributed by atoms with van der Waals surface area (Å²) in [5, 5.41) is 2.12. The standard InChI is InChI=1S/C20H17F3N6O2/c1-12-2-4-14(5-3-12)28-10-13-8-25-18(26-11-20(21,22)23)27-17(13)29(19(28)31)15-6-7-16(30)24-9-15/h2-9H,10-11H2,1H3,(H,24,30)(H,25,26,27). The minimum Gasteiger partial charge on any atom is -0.345 e. The van der Waals surface area contributed by atoms with Crippen molar-refractivity contribution in [2.45, 2.75) is 19.6 Å². The normalized spacial score (nSPS) is 13.9. The molecule has 11 heteroatoms. The van der Waals surface area contributed by atoms with E-state index in [2.05, 4.69) is 20.3 Å². The second-order valence-corrected chi connectivity index (χ2v) is 6.96. The Kier molecular flexibility index (Phi) is 5.09. The van der Waals surface area contributed by atoms with Crippen LogP contribution in [0.3, 0.4) is 0 Å². The van der Waals surface area contributed by atoms with Crippen LogP contribution in [0.5, 0.6) is 0 Å². The fraction of sp³-hybridized carbons (Fsp3) is 0.200. The molecule has 4 rings (SSSR count). The highest BCUT2D eigenvalue weighted by atomic mass is 19.4. The Hall–Kier alpha value is -3.89. The van der Waals surface area contributed by atoms with Crippen LogP contribution in [0.1, 0.15) is 11.1 Å². The second kappa shape index (κ2) is 7.74. The number of alkyl halides is 3. The van der Waals surface area contributed by atoms with Crippen LogP contribution in [0.2, 0.25) is 0 Å². The van der Waals surface area contributed by atoms with Gasteiger partial charge in [0.15, 0.2) is 5.82 Å². The fourth-order valence-corrected chi connectivity index (χ4v) is 3.12. The molecule has 31 heavy (non-hydrogen) atoms. The van der Waals surface area contributed by atoms with Crippen LogP contribution < -0.4 is 20.7 Å². The maximum Gasteiger partial charge on any atom is 0.405 e. The van der Waals surface area contributed by atoms with E-state index in [1.807, 2.05) is 19.1 Å². The number of hydrogen-bond donors (Lipinski definition) is 2. The van der Waals surface area contributed by atoms with E-state index in [4.69, 9.17) is 0 Å². The second-order valence-electron chi connectivity index (χ2n) is 6.96. The molecule has 1 aromatic carbocycles. The number of benzene rings is 1. The van der Waals surface area contributed by atoms with Crippen LogP contribution in [-0.2, 0) is 6.54 Å². The summed E-state index contributed by atoms with van der Waals surface area (Å²) < 4.78 is 37.7. The third kappa shape index (κ3) is 4.34. The number of hydrogen-bond acceptors (Lipinski definition) is 5. The molecule has 2 N–H and O–H groups in total. The SMILES string of the molecule is Cc1ccc(N2Cc3cnc(NCC(F)(F)F)nc3N(c3ccc(=O)[nH]c3)C2=O)cc1. The quantitative estimate of drug-likeness (QED) is 0.658. The summed E-state index contributed by atoms with van der Waals surface area (Å²) in [7, 11) is 0. The van der Waals surface area contributed by atoms with Crippen LogP contribution in [0.25, 0.3) is 0 Å². The van der Waals surface area contributed by atoms with E-state index in [0.717, 1.165) is 5.56 Å². The van der Waals surface area contributed by atoms with Crippen LogP contribution in [0, 0.1) is 6.92 Å². The number of rotatable bonds is 4. The molecular formula is C20H17F3N6O2. The van der Waals surface area contributed by atoms with Gasteiger partial charge in [-0.05, 0) is 25.1 Å². The predicted octanol–water partition coefficient (Wildman–Crippen LogP) is 3.73. The van der Waals surface area contributed by atoms with Gasteiger partial charge in [0.25, 0.3) is 0 Å². The third-order valence-corrected chi connectivity index (χ3v) is 4.62. The van der Waals surface area contributed by atoms with Crippen molar-refractivity contribution in [1.29, 1.82) is 0 Å². The summed E-state index contributed by atoms with van der Waals surface area (Å²) in [6.07, 6.45) is -1.73. The zero-order valence-electron chi connectivity index (χ0n) is 16.3. The van der Waals surface area contributed by atoms with Crippen LogP contribution in [0.4, 0.5) is 41.1 Å². The van der Waals surface area contributed by atoms with Gasteiger partial charge in [-0.25, -0.2) is 14.7 Å². The minimum atomic E-state index is -4.45. The Morgan fingerprint density at radius 2 is 1.81 bits per heavy atom. The van der Waals surface area contributed by atoms with Gasteiger partial charge in [0, 0.05) is 29.7 Å². The van der Waals surface area contributed by atoms with Gasteiger partial charge in [-0.3, -0.25) is 9.69 Å². The molecule has 2 aromatic heterocycles. The van der Waals surface area contributed by atoms with Gasteiger partial charge < -0.3 is 10.3 Å². The molecule has 1 aliphatic rings. The lowest BCUT2D eigenvalue weighted by molar-refractivity contribution is -0.115. The Bertz CT molecular complexity index is 1160. The molecule has 0 fully saturated rings. The van der Waals surface area contributed by atoms with Crippen molar-refractivity contribution in [1.82, 2.24) is 15.0 Å². The number of fused-ring (bicyclic) bond motifs is 1. The summed E-state index contributed by atoms with van der Waals surface area (Å²) >= 11 is 0. The molecule has 3 aromatic rings. The first kappa shape index (κ1) is 20.4. The van der Waals surface area contributed by atoms with Crippen molar-refractivity contribution >= 4 is 29.2 Å². The molecular weight excluding hydrogens is 413 g/mol. The van der Waals surface area contributed by atoms with Crippen LogP contribution >= 0.6 is 0 Å². The van der Waals surface area contributed by atoms with E-state index in [1.54, 1.807) is 12.1 Å². The van der Waals surface area contributed by atoms with E-state index in [9.17, 15) is 22.8 Å². The molecule has 1 aliphatic heterocycles. The van der Waals surface area contributed by atoms with Crippen molar-refractivity contribution < 1.29 is 18.0 Å². The zero-order chi connectivity index (χ0) is 22.2. The van der Waals surface area contributed by atoms with Gasteiger partial charge in [-0.2, -0.15) is 18.2 Å². The number of aromatic amines is 1. The lowest BCUT2D eigenvalue weighted by Crippen LogP contribution is -2.45. The lowest BCUT2D eigenvalue weighted by atomic mass is 10.1. The van der Waals surface area contributed by atoms with Gasteiger partial charge in [-0.1, -0.05) is 17.7 Å². The van der Waals surface area contributed by atoms with Crippen molar-refractivity contribution in [3.63, 3.8) is 0 Å². The summed E-state index contributed by atoms with van der Waals surface area (Å²) in [6, 6.07) is 9.53. The van der Waals surface area contributed by atoms with E-state index >= 15 is 0 Å². The van der Waals surface area contributed by atoms with Crippen molar-refractivity contribution in [3.8, 4) is 0 Å². The molecule has 0 bridgehead atoms. The zero-order valence-corrected chi connectivity index (χ0v) is 16.3. The monoisotopic (exact) mass is 430 g/mol. The smallest absolute Gasteiger partial charge is 0.345 e. The molecule has 0 saturated carbocycles. The number of H-pyrrole nitrogens is 1. The van der Waals surface area contributed by atoms with Gasteiger partial charge in [-0.15, -0.1) is 0 Å². The average molecular weight is 430 g/mol. The summed E-state index contributed by atoms with van der Waals surface area (Å²) in [6.45, 7) is 0.748. The first-order valence-electron chi connectivity index (χ1n) is 9.25. The summed E-state index contributed by atoms with van der Waals surface area (Å²) in [4.78, 5) is 38.2. The van der Waals surface area contributed by atoms with E-state index < -0.39 is 18.8 Å². The van der Waals surface area contributed by atoms with E-state index in [1.165, 1.54) is 34.3 Å². The van der Waals surface area contributed by atoms with Crippen LogP contribution in [-0.4, -0.2) is 33.7 Å². The molecule has 2 amide bonds. The Labute approximate surface area is 174 Å². The summed E-state index contributed by atoms with van der Waals surface area (Å²) in [5.74, 6) is -0.123. The fourth-order valence-electron chi connectivity index (χ4n) is 3.12. The first-order valence-corrected chi connectivity index (χ1v) is 9.25. The number of aryl methyl sites for hydroxylation is 1. The maximum atomic E-state index is 13.4. The number of carbonyl (C=O) groups is 1. The number of nitrogens with zero attached hydrogens (tertiary/aromatic N) is 4. The molecule has 0 aliphatic carbocycles. The highest BCUT2D eigenvalue weighted by molar-refractivity contribution is 6.10. The largest absolute Gasteiger partial charge is 0.405 e. The number of urea groups is 1. The number of nitrogens with one attached hydrogen (secondary N) is 2. The number of aromatic nitrogens is 3. The molecule has 8 nitrogen and oxygen atoms in total. The van der Waals surface area contributed by atoms with Gasteiger partial charge >= 0.3 is 12.2 Å². The number of carbonyl (C=O) groups excluding carboxylic acids is 1. The number of anilines is 4. The average Bonchev–Trinajstić information content (AvgIpc) is 2.73. The van der Waals surface area contributed by atoms with Crippen molar-refractivity contribution in [3.05, 3.63) is 70.3 Å². The van der Waals surface area contributed by atoms with Gasteiger partial charge in [0.2, 0.25) is 11.5 Å². The van der Waals surface area contributed by atoms with Crippen molar-refractivity contribution in [2.75, 3.05) is 21.7 Å². The number of halogens is 3. The Morgan fingerprint density at radius 3 is 2.45 bits per heavy atom. The van der Waals surface area contributed by atoms with E-state index in [0.29, 0.717) is 16.9 Å². The molecule has 0 spiro atoms. The molecule has 160 valence electrons. The molecule has 0 atom stereocenters. The Morgan fingerprint density at radius 1 is 1.10 bits per heavy atom. The van der Waals surface area contributed by atoms with Gasteiger partial charge in [0.05, 0.1) is 12.2 Å². The minimum absolute atomic E-state index is 0.136. The maximum absolute atomic E-state index is 13.4. The Balaban J connectivity index is 1.78. The topological polar surface area (TPSA) is 94.2 Å². The molecule has 0 unspecified atom stereocenters. The molecule has 3 heterocycles. The van der Waals surface area contributed by atoms with Crippen LogP contribution in [0.15, 0.2) is 53.6 Å². The molecule has 0 radical (unpaired) electrons. The van der Waals surface area contributed by atoms with E-state index in [-0.39, 0.29) is 23.9 Å². The number of pyridine rings is 1. The summed E-state index contributed by atoms with van der Waals surface area (Å²) in [5.41, 5.74) is 2.14. The third-order valence-electron chi connectivity index (χ3n) is 4.62. The van der Waals surface area contributed by atoms with Gasteiger partial charge in [0.1, 0.15) is 6.54 Å². The first-order chi connectivity index (χ1) is 14.7. The molecule has 0 saturated heterocycles. The number of amides is 2. The lowest BCUT2D eigenvalue weighted by Gasteiger charge is -2.36. The highest BCUT2D eigenvalue weighted by Gasteiger charge is 2.35. The van der Waals surface area contributed by atoms with Crippen molar-refractivity contribution in [2.24, 2.45) is 0 Å². The predicted molar refractivity (Wildman–Crippen MR) is 109 cm³/mol. The highest BCUT2D eigenvalue weighted by Crippen LogP contribution is 2.35.